The number of carboxylic acids is 2. The molecule has 4 amide bonds. The Morgan fingerprint density at radius 1 is 0.555 bits per heavy atom. The van der Waals surface area contributed by atoms with Crippen LogP contribution in [0, 0.1) is 16.7 Å². The Bertz CT molecular complexity index is 4230. The van der Waals surface area contributed by atoms with E-state index in [1.807, 2.05) is 0 Å². The number of nitrogens with zero attached hydrogens (tertiary/aromatic N) is 8. The van der Waals surface area contributed by atoms with Gasteiger partial charge in [-0.3, -0.25) is 65.8 Å². The van der Waals surface area contributed by atoms with E-state index in [0.29, 0.717) is 11.8 Å². The van der Waals surface area contributed by atoms with Gasteiger partial charge in [0.25, 0.3) is 31.3 Å². The van der Waals surface area contributed by atoms with E-state index in [1.54, 1.807) is 0 Å². The summed E-state index contributed by atoms with van der Waals surface area (Å²) in [5.41, 5.74) is 8.00. The minimum atomic E-state index is -5.93. The van der Waals surface area contributed by atoms with Gasteiger partial charge in [0.15, 0.2) is 40.5 Å². The number of amides is 4. The summed E-state index contributed by atoms with van der Waals surface area (Å²) in [6.07, 6.45) is -16.0. The zero-order chi connectivity index (χ0) is 82.9. The fourth-order valence-electron chi connectivity index (χ4n) is 9.04. The Morgan fingerprint density at radius 2 is 0.927 bits per heavy atom. The number of thioether (sulfide) groups is 2. The number of carboxylic acid groups (broad SMARTS) is 2. The second kappa shape index (κ2) is 40.4. The van der Waals surface area contributed by atoms with Crippen molar-refractivity contribution in [2.75, 3.05) is 75.6 Å². The number of aliphatic hydroxyl groups excluding tert-OH is 4. The van der Waals surface area contributed by atoms with Gasteiger partial charge in [0.1, 0.15) is 78.4 Å². The Kier molecular flexibility index (Phi) is 34.7. The summed E-state index contributed by atoms with van der Waals surface area (Å²) >= 11 is 1.55. The van der Waals surface area contributed by atoms with Crippen LogP contribution in [0.2, 0.25) is 0 Å². The number of ether oxygens (including phenoxy) is 2. The molecule has 15 atom stereocenters. The van der Waals surface area contributed by atoms with Gasteiger partial charge in [0, 0.05) is 67.8 Å². The summed E-state index contributed by atoms with van der Waals surface area (Å²) in [5.74, 6) is -6.77. The second-order valence-corrected chi connectivity index (χ2v) is 34.7. The van der Waals surface area contributed by atoms with E-state index in [4.69, 9.17) is 31.2 Å². The SMILES string of the molecule is CC(C)(COP(=O)([O-])OP(=O)([O-])OCC1OC(n2cnc3c(N)ncnc32)C(O)C1OP(=O)([O-])[O-])C(O)C(=O)NCCC(=O)NCCSC(=O)CCC(=O)O.C[C@H](C(=O)O)C(=O)SCCNC(=O)CCNC(=O)C(O)C(C)(C)COP(=O)([O-])OP(=O)([O-])OCC1OC(n2cnc3c(N)ncnc32)C(O)C1OP(=O)([O-])[O-]. The van der Waals surface area contributed by atoms with Crippen LogP contribution in [-0.4, -0.2) is 228 Å². The molecule has 4 aromatic rings. The standard InChI is InChI=1S/2C25H40N7O19P3S/c1-12(23(37)38)24(39)55-7-6-27-14(33)4-5-28-21(36)18(35)25(2,3)9-48-54(45,46)51-53(43,44)47-8-13-17(50-52(40,41)42)16(34)22(49-13)32-11-31-15-19(26)29-10-30-20(15)32;1-25(2,20(38)23(39)28-6-5-14(33)27-7-8-55-16(36)4-3-15(34)35)10-48-54(45,46)51-53(43,44)47-9-13-19(50-52(40,41)42)18(37)24(49-13)32-12-31-17-21(26)29-11-30-22(17)32/h10-13,16-18,22,34-35H,4-9H2,1-3H3,(H,27,33)(H,28,36)(H,37,38)(H,43,44)(H,45,46)(H2,26,29,30)(H2,40,41,42);11-13,18-20,24,37-38H,3-10H2,1-2H3,(H,27,33)(H,28,39)(H,34,35)(H,43,44)(H,45,46)(H2,26,29,30)(H2,40,41,42)/p-8/t12-,13?,16?,17?,18?,22?;/m1./s1. The van der Waals surface area contributed by atoms with Crippen molar-refractivity contribution < 1.29 is 181 Å². The largest absolute Gasteiger partial charge is 0.790 e. The number of hydrogen-bond donors (Lipinski definition) is 12. The molecule has 52 nitrogen and oxygen atoms in total. The minimum Gasteiger partial charge on any atom is -0.790 e. The van der Waals surface area contributed by atoms with Gasteiger partial charge in [-0.25, -0.2) is 38.5 Å². The molecule has 14 N–H and O–H groups in total. The third-order valence-electron chi connectivity index (χ3n) is 14.7. The van der Waals surface area contributed by atoms with Crippen LogP contribution in [0.25, 0.3) is 22.3 Å². The molecule has 110 heavy (non-hydrogen) atoms. The number of rotatable bonds is 43. The lowest BCUT2D eigenvalue weighted by Gasteiger charge is -2.36. The van der Waals surface area contributed by atoms with Crippen LogP contribution >= 0.6 is 70.5 Å². The number of aliphatic hydroxyl groups is 4. The van der Waals surface area contributed by atoms with E-state index >= 15 is 0 Å². The lowest BCUT2D eigenvalue weighted by Crippen LogP contribution is -2.46. The average molecular weight is 1730 g/mol. The summed E-state index contributed by atoms with van der Waals surface area (Å²) in [7, 11) is -35.3. The monoisotopic (exact) mass is 1730 g/mol. The quantitative estimate of drug-likeness (QED) is 0.0111. The maximum Gasteiger partial charge on any atom is 0.314 e. The molecule has 2 aliphatic rings. The van der Waals surface area contributed by atoms with Crippen LogP contribution in [0.4, 0.5) is 11.6 Å². The second-order valence-electron chi connectivity index (χ2n) is 24.3. The minimum absolute atomic E-state index is 0.0104. The van der Waals surface area contributed by atoms with E-state index in [2.05, 4.69) is 86.9 Å². The summed E-state index contributed by atoms with van der Waals surface area (Å²) in [4.78, 5) is 212. The Labute approximate surface area is 628 Å². The van der Waals surface area contributed by atoms with Crippen LogP contribution in [0.3, 0.4) is 0 Å². The summed E-state index contributed by atoms with van der Waals surface area (Å²) in [6, 6.07) is 0. The van der Waals surface area contributed by atoms with E-state index < -0.39 is 192 Å². The first-order valence-electron chi connectivity index (χ1n) is 31.2. The maximum absolute atomic E-state index is 12.5. The molecule has 14 unspecified atom stereocenters. The third-order valence-corrected chi connectivity index (χ3v) is 22.7. The normalized spacial score (nSPS) is 22.0. The zero-order valence-electron chi connectivity index (χ0n) is 57.5. The van der Waals surface area contributed by atoms with Gasteiger partial charge < -0.3 is 148 Å². The van der Waals surface area contributed by atoms with E-state index in [9.17, 15) is 125 Å². The number of phosphoric ester groups is 6. The summed E-state index contributed by atoms with van der Waals surface area (Å²) in [5, 5.41) is 68.3. The number of phosphoric acid groups is 6. The molecular weight excluding hydrogens is 1650 g/mol. The van der Waals surface area contributed by atoms with Gasteiger partial charge in [-0.1, -0.05) is 51.2 Å². The van der Waals surface area contributed by atoms with Crippen molar-refractivity contribution in [3.8, 4) is 0 Å². The zero-order valence-corrected chi connectivity index (χ0v) is 64.5. The van der Waals surface area contributed by atoms with Gasteiger partial charge in [-0.2, -0.15) is 0 Å². The number of nitrogen functional groups attached to an aromatic ring is 2. The molecular formula is C50H72N14O38P6S2-8. The molecule has 0 saturated carbocycles. The van der Waals surface area contributed by atoms with Crippen molar-refractivity contribution >= 4 is 150 Å². The number of nitrogens with one attached hydrogen (secondary N) is 4. The van der Waals surface area contributed by atoms with Crippen LogP contribution in [0.15, 0.2) is 25.3 Å². The molecule has 2 fully saturated rings. The van der Waals surface area contributed by atoms with Gasteiger partial charge >= 0.3 is 11.9 Å². The van der Waals surface area contributed by atoms with Crippen molar-refractivity contribution in [2.45, 2.75) is 122 Å². The maximum atomic E-state index is 12.5. The van der Waals surface area contributed by atoms with Gasteiger partial charge in [-0.05, 0) is 6.92 Å². The summed E-state index contributed by atoms with van der Waals surface area (Å²) in [6.45, 7) is 0.754. The topological polar surface area (TPSA) is 824 Å². The van der Waals surface area contributed by atoms with Crippen molar-refractivity contribution in [1.82, 2.24) is 60.3 Å². The van der Waals surface area contributed by atoms with Crippen LogP contribution in [0.5, 0.6) is 0 Å². The van der Waals surface area contributed by atoms with Crippen LogP contribution < -0.4 is 71.9 Å². The van der Waals surface area contributed by atoms with Crippen LogP contribution in [0.1, 0.15) is 72.8 Å². The van der Waals surface area contributed by atoms with Gasteiger partial charge in [0.05, 0.1) is 61.1 Å². The van der Waals surface area contributed by atoms with Crippen molar-refractivity contribution in [3.63, 3.8) is 0 Å². The highest BCUT2D eigenvalue weighted by Crippen LogP contribution is 2.58. The number of nitrogens with two attached hydrogens (primary N) is 2. The Morgan fingerprint density at radius 3 is 1.29 bits per heavy atom. The molecule has 0 aromatic carbocycles. The highest BCUT2D eigenvalue weighted by Gasteiger charge is 2.49. The molecule has 2 aliphatic heterocycles. The molecule has 60 heteroatoms. The van der Waals surface area contributed by atoms with Crippen LogP contribution in [-0.2, 0) is 111 Å². The molecule has 0 bridgehead atoms. The fourth-order valence-corrected chi connectivity index (χ4v) is 15.9. The van der Waals surface area contributed by atoms with Crippen molar-refractivity contribution in [3.05, 3.63) is 25.3 Å². The van der Waals surface area contributed by atoms with Gasteiger partial charge in [-0.15, -0.1) is 0 Å². The van der Waals surface area contributed by atoms with E-state index in [1.165, 1.54) is 20.8 Å². The molecule has 2 saturated heterocycles. The van der Waals surface area contributed by atoms with E-state index in [-0.39, 0.29) is 102 Å². The number of fused-ring (bicyclic) bond motifs is 2. The number of imidazole rings is 2. The predicted octanol–water partition coefficient (Wildman–Crippen LogP) is -8.14. The summed E-state index contributed by atoms with van der Waals surface area (Å²) < 4.78 is 121. The van der Waals surface area contributed by atoms with Crippen molar-refractivity contribution in [2.24, 2.45) is 16.7 Å². The van der Waals surface area contributed by atoms with Gasteiger partial charge in [0.2, 0.25) is 28.7 Å². The number of aliphatic carboxylic acids is 2. The molecule has 0 spiro atoms. The fraction of sp³-hybridized carbons (Fsp3) is 0.640. The lowest BCUT2D eigenvalue weighted by atomic mass is 9.87. The smallest absolute Gasteiger partial charge is 0.314 e. The number of aromatic nitrogens is 8. The van der Waals surface area contributed by atoms with E-state index in [0.717, 1.165) is 60.1 Å². The number of hydrogen-bond acceptors (Lipinski definition) is 46. The number of carbonyl (C=O) groups excluding carboxylic acids is 6. The highest BCUT2D eigenvalue weighted by atomic mass is 32.2. The number of carbonyl (C=O) groups is 8. The average Bonchev–Trinajstić information content (AvgIpc) is 1.62. The molecule has 4 aromatic heterocycles. The first-order chi connectivity index (χ1) is 50.7. The van der Waals surface area contributed by atoms with Crippen molar-refractivity contribution in [1.29, 1.82) is 0 Å². The Hall–Kier alpha value is -5.94. The molecule has 6 heterocycles. The molecule has 0 aliphatic carbocycles. The molecule has 6 rings (SSSR count). The lowest BCUT2D eigenvalue weighted by molar-refractivity contribution is -0.348. The number of anilines is 2. The highest BCUT2D eigenvalue weighted by molar-refractivity contribution is 8.14. The first-order valence-corrected chi connectivity index (χ1v) is 41.9. The first kappa shape index (κ1) is 94.7. The third kappa shape index (κ3) is 29.8. The molecule has 620 valence electrons. The predicted molar refractivity (Wildman–Crippen MR) is 350 cm³/mol. The Balaban J connectivity index is 0.000000394. The molecule has 0 radical (unpaired) electrons.